The predicted molar refractivity (Wildman–Crippen MR) is 121 cm³/mol. The van der Waals surface area contributed by atoms with Crippen LogP contribution in [0.2, 0.25) is 0 Å². The molecule has 0 amide bonds. The molecule has 4 rings (SSSR count). The van der Waals surface area contributed by atoms with Crippen LogP contribution in [0.3, 0.4) is 0 Å². The first-order valence-electron chi connectivity index (χ1n) is 9.65. The molecule has 0 atom stereocenters. The summed E-state index contributed by atoms with van der Waals surface area (Å²) in [5.74, 6) is 0.281. The molecular weight excluding hydrogens is 386 g/mol. The van der Waals surface area contributed by atoms with E-state index in [4.69, 9.17) is 10.5 Å². The maximum atomic E-state index is 12.9. The summed E-state index contributed by atoms with van der Waals surface area (Å²) in [4.78, 5) is 12.9. The van der Waals surface area contributed by atoms with Crippen LogP contribution in [0.4, 0.5) is 0 Å². The molecular formula is C25H23N5O. The van der Waals surface area contributed by atoms with Crippen molar-refractivity contribution in [3.63, 3.8) is 0 Å². The SMILES string of the molecule is C.CC(C)Cn1nc2c(-c3ccc(C#N)cc3)c(-c3ccc(C#N)cc3)ccn2c1=O. The van der Waals surface area contributed by atoms with Gasteiger partial charge in [-0.1, -0.05) is 45.5 Å². The Hall–Kier alpha value is -4.16. The molecule has 2 heterocycles. The van der Waals surface area contributed by atoms with E-state index in [0.717, 1.165) is 22.3 Å². The Kier molecular flexibility index (Phi) is 6.04. The van der Waals surface area contributed by atoms with E-state index in [2.05, 4.69) is 17.2 Å². The smallest absolute Gasteiger partial charge is 0.250 e. The third-order valence-electron chi connectivity index (χ3n) is 4.92. The van der Waals surface area contributed by atoms with Crippen LogP contribution in [0.5, 0.6) is 0 Å². The van der Waals surface area contributed by atoms with Crippen molar-refractivity contribution >= 4 is 5.65 Å². The van der Waals surface area contributed by atoms with Crippen LogP contribution >= 0.6 is 0 Å². The Morgan fingerprint density at radius 2 is 1.45 bits per heavy atom. The number of nitriles is 2. The topological polar surface area (TPSA) is 86.9 Å². The summed E-state index contributed by atoms with van der Waals surface area (Å²) in [6, 6.07) is 20.7. The van der Waals surface area contributed by atoms with E-state index in [1.807, 2.05) is 44.2 Å². The summed E-state index contributed by atoms with van der Waals surface area (Å²) in [6.45, 7) is 4.61. The maximum absolute atomic E-state index is 12.9. The predicted octanol–water partition coefficient (Wildman–Crippen LogP) is 4.87. The van der Waals surface area contributed by atoms with Crippen LogP contribution in [0.25, 0.3) is 27.9 Å². The van der Waals surface area contributed by atoms with Gasteiger partial charge in [0.25, 0.3) is 0 Å². The van der Waals surface area contributed by atoms with Crippen molar-refractivity contribution < 1.29 is 0 Å². The van der Waals surface area contributed by atoms with Crippen LogP contribution in [0.1, 0.15) is 32.4 Å². The van der Waals surface area contributed by atoms with Crippen LogP contribution in [-0.2, 0) is 6.54 Å². The highest BCUT2D eigenvalue weighted by molar-refractivity contribution is 5.91. The average molecular weight is 409 g/mol. The van der Waals surface area contributed by atoms with Gasteiger partial charge >= 0.3 is 5.69 Å². The van der Waals surface area contributed by atoms with E-state index >= 15 is 0 Å². The Balaban J connectivity index is 0.00000272. The molecule has 0 fully saturated rings. The van der Waals surface area contributed by atoms with Gasteiger partial charge in [-0.05, 0) is 52.9 Å². The Morgan fingerprint density at radius 1 is 0.903 bits per heavy atom. The second-order valence-electron chi connectivity index (χ2n) is 7.53. The van der Waals surface area contributed by atoms with Crippen molar-refractivity contribution in [3.8, 4) is 34.4 Å². The molecule has 0 aliphatic heterocycles. The van der Waals surface area contributed by atoms with Crippen molar-refractivity contribution in [1.82, 2.24) is 14.2 Å². The second-order valence-corrected chi connectivity index (χ2v) is 7.53. The second kappa shape index (κ2) is 8.69. The first kappa shape index (κ1) is 21.5. The highest BCUT2D eigenvalue weighted by atomic mass is 16.2. The monoisotopic (exact) mass is 409 g/mol. The van der Waals surface area contributed by atoms with Gasteiger partial charge in [-0.25, -0.2) is 13.9 Å². The number of fused-ring (bicyclic) bond motifs is 1. The number of nitrogens with zero attached hydrogens (tertiary/aromatic N) is 5. The lowest BCUT2D eigenvalue weighted by atomic mass is 9.95. The summed E-state index contributed by atoms with van der Waals surface area (Å²) >= 11 is 0. The van der Waals surface area contributed by atoms with Gasteiger partial charge in [-0.2, -0.15) is 10.5 Å². The van der Waals surface area contributed by atoms with Crippen molar-refractivity contribution in [2.45, 2.75) is 27.8 Å². The Labute approximate surface area is 181 Å². The van der Waals surface area contributed by atoms with Gasteiger partial charge in [0.05, 0.1) is 23.3 Å². The molecule has 6 nitrogen and oxygen atoms in total. The Bertz CT molecular complexity index is 1360. The summed E-state index contributed by atoms with van der Waals surface area (Å²) in [7, 11) is 0. The third-order valence-corrected chi connectivity index (χ3v) is 4.92. The van der Waals surface area contributed by atoms with Gasteiger partial charge in [0, 0.05) is 18.3 Å². The zero-order chi connectivity index (χ0) is 21.3. The molecule has 6 heteroatoms. The first-order chi connectivity index (χ1) is 14.5. The van der Waals surface area contributed by atoms with Crippen molar-refractivity contribution in [3.05, 3.63) is 82.4 Å². The van der Waals surface area contributed by atoms with E-state index < -0.39 is 0 Å². The molecule has 2 aromatic heterocycles. The lowest BCUT2D eigenvalue weighted by Crippen LogP contribution is -2.23. The quantitative estimate of drug-likeness (QED) is 0.481. The molecule has 0 saturated carbocycles. The fourth-order valence-corrected chi connectivity index (χ4v) is 3.50. The molecule has 154 valence electrons. The normalized spacial score (nSPS) is 10.5. The maximum Gasteiger partial charge on any atom is 0.350 e. The number of rotatable bonds is 4. The van der Waals surface area contributed by atoms with Crippen molar-refractivity contribution in [1.29, 1.82) is 10.5 Å². The summed E-state index contributed by atoms with van der Waals surface area (Å²) in [6.07, 6.45) is 1.74. The summed E-state index contributed by atoms with van der Waals surface area (Å²) in [5, 5.41) is 22.9. The minimum atomic E-state index is -0.181. The zero-order valence-corrected chi connectivity index (χ0v) is 16.7. The van der Waals surface area contributed by atoms with Crippen LogP contribution in [0, 0.1) is 28.6 Å². The lowest BCUT2D eigenvalue weighted by molar-refractivity contribution is 0.471. The molecule has 31 heavy (non-hydrogen) atoms. The summed E-state index contributed by atoms with van der Waals surface area (Å²) < 4.78 is 3.05. The molecule has 0 unspecified atom stereocenters. The fraction of sp³-hybridized carbons (Fsp3) is 0.200. The molecule has 0 spiro atoms. The van der Waals surface area contributed by atoms with Crippen molar-refractivity contribution in [2.24, 2.45) is 5.92 Å². The molecule has 0 bridgehead atoms. The van der Waals surface area contributed by atoms with E-state index in [9.17, 15) is 4.79 Å². The molecule has 0 N–H and O–H groups in total. The van der Waals surface area contributed by atoms with Crippen LogP contribution in [0.15, 0.2) is 65.6 Å². The van der Waals surface area contributed by atoms with Gasteiger partial charge in [-0.3, -0.25) is 0 Å². The van der Waals surface area contributed by atoms with E-state index in [0.29, 0.717) is 23.3 Å². The number of hydrogen-bond acceptors (Lipinski definition) is 4. The minimum absolute atomic E-state index is 0. The first-order valence-corrected chi connectivity index (χ1v) is 9.65. The van der Waals surface area contributed by atoms with Gasteiger partial charge in [-0.15, -0.1) is 5.10 Å². The standard InChI is InChI=1S/C24H19N5O.CH4/c1-16(2)15-29-24(30)28-12-11-21(19-7-3-17(13-25)4-8-19)22(23(28)27-29)20-9-5-18(14-26)6-10-20;/h3-12,16H,15H2,1-2H3;1H4. The molecule has 4 aromatic rings. The third kappa shape index (κ3) is 3.97. The van der Waals surface area contributed by atoms with Gasteiger partial charge in [0.2, 0.25) is 0 Å². The fourth-order valence-electron chi connectivity index (χ4n) is 3.50. The lowest BCUT2D eigenvalue weighted by Gasteiger charge is -2.11. The van der Waals surface area contributed by atoms with E-state index in [1.165, 1.54) is 4.68 Å². The van der Waals surface area contributed by atoms with Crippen molar-refractivity contribution in [2.75, 3.05) is 0 Å². The van der Waals surface area contributed by atoms with Crippen LogP contribution < -0.4 is 5.69 Å². The number of hydrogen-bond donors (Lipinski definition) is 0. The average Bonchev–Trinajstić information content (AvgIpc) is 3.08. The van der Waals surface area contributed by atoms with Crippen LogP contribution in [-0.4, -0.2) is 14.2 Å². The number of aromatic nitrogens is 3. The summed E-state index contributed by atoms with van der Waals surface area (Å²) in [5.41, 5.74) is 5.02. The molecule has 0 radical (unpaired) electrons. The molecule has 0 aliphatic carbocycles. The molecule has 0 saturated heterocycles. The molecule has 0 aliphatic rings. The highest BCUT2D eigenvalue weighted by Crippen LogP contribution is 2.34. The minimum Gasteiger partial charge on any atom is -0.250 e. The van der Waals surface area contributed by atoms with E-state index in [1.54, 1.807) is 34.9 Å². The van der Waals surface area contributed by atoms with Gasteiger partial charge in [0.1, 0.15) is 0 Å². The highest BCUT2D eigenvalue weighted by Gasteiger charge is 2.18. The van der Waals surface area contributed by atoms with Gasteiger partial charge < -0.3 is 0 Å². The zero-order valence-electron chi connectivity index (χ0n) is 16.7. The number of benzene rings is 2. The number of pyridine rings is 1. The molecule has 2 aromatic carbocycles. The van der Waals surface area contributed by atoms with E-state index in [-0.39, 0.29) is 19.0 Å². The van der Waals surface area contributed by atoms with Gasteiger partial charge in [0.15, 0.2) is 5.65 Å². The Morgan fingerprint density at radius 3 is 1.97 bits per heavy atom. The largest absolute Gasteiger partial charge is 0.350 e.